The summed E-state index contributed by atoms with van der Waals surface area (Å²) >= 11 is 0. The zero-order valence-electron chi connectivity index (χ0n) is 5.45. The van der Waals surface area contributed by atoms with Crippen LogP contribution in [0.15, 0.2) is 0 Å². The minimum atomic E-state index is 0. The number of aryl methyl sites for hydroxylation is 2. The van der Waals surface area contributed by atoms with E-state index in [2.05, 4.69) is 16.2 Å². The second-order valence-electron chi connectivity index (χ2n) is 1.56. The van der Waals surface area contributed by atoms with E-state index in [1.807, 2.05) is 13.8 Å². The van der Waals surface area contributed by atoms with E-state index >= 15 is 0 Å². The van der Waals surface area contributed by atoms with Gasteiger partial charge in [0.05, 0.1) is 0 Å². The standard InChI is InChI=1S/C5H7N2.K/c1-4-3-6-5(2)7-4;/h1-2H3,(H,6,7);/q-1;+1. The van der Waals surface area contributed by atoms with Crippen LogP contribution < -0.4 is 51.4 Å². The van der Waals surface area contributed by atoms with Crippen molar-refractivity contribution in [2.75, 3.05) is 0 Å². The van der Waals surface area contributed by atoms with Gasteiger partial charge in [0.2, 0.25) is 0 Å². The van der Waals surface area contributed by atoms with E-state index in [4.69, 9.17) is 0 Å². The van der Waals surface area contributed by atoms with Gasteiger partial charge >= 0.3 is 51.4 Å². The number of hydrogen-bond donors (Lipinski definition) is 1. The SMILES string of the molecule is Cc1[c-]nc(C)[nH]1.[K+]. The molecule has 2 nitrogen and oxygen atoms in total. The summed E-state index contributed by atoms with van der Waals surface area (Å²) in [7, 11) is 0. The summed E-state index contributed by atoms with van der Waals surface area (Å²) < 4.78 is 0. The molecule has 0 aliphatic heterocycles. The van der Waals surface area contributed by atoms with Gasteiger partial charge in [-0.25, -0.2) is 0 Å². The molecule has 38 valence electrons. The fourth-order valence-electron chi connectivity index (χ4n) is 0.495. The topological polar surface area (TPSA) is 28.7 Å². The third kappa shape index (κ3) is 2.41. The smallest absolute Gasteiger partial charge is 0.439 e. The van der Waals surface area contributed by atoms with Gasteiger partial charge in [-0.2, -0.15) is 0 Å². The molecule has 0 aliphatic rings. The summed E-state index contributed by atoms with van der Waals surface area (Å²) in [4.78, 5) is 6.81. The Hall–Kier alpha value is 0.846. The van der Waals surface area contributed by atoms with Gasteiger partial charge in [0.15, 0.2) is 0 Å². The molecule has 0 radical (unpaired) electrons. The van der Waals surface area contributed by atoms with E-state index < -0.39 is 0 Å². The van der Waals surface area contributed by atoms with E-state index in [0.29, 0.717) is 0 Å². The van der Waals surface area contributed by atoms with Crippen LogP contribution >= 0.6 is 0 Å². The van der Waals surface area contributed by atoms with Crippen molar-refractivity contribution in [3.63, 3.8) is 0 Å². The first kappa shape index (κ1) is 8.85. The van der Waals surface area contributed by atoms with Crippen molar-refractivity contribution in [1.82, 2.24) is 9.97 Å². The number of aromatic nitrogens is 2. The third-order valence-corrected chi connectivity index (χ3v) is 0.760. The number of rotatable bonds is 0. The van der Waals surface area contributed by atoms with Crippen LogP contribution in [0.2, 0.25) is 0 Å². The maximum atomic E-state index is 3.84. The molecular formula is C5H7KN2. The van der Waals surface area contributed by atoms with Gasteiger partial charge in [-0.1, -0.05) is 18.4 Å². The zero-order valence-corrected chi connectivity index (χ0v) is 8.57. The second-order valence-corrected chi connectivity index (χ2v) is 1.56. The monoisotopic (exact) mass is 134 g/mol. The van der Waals surface area contributed by atoms with Crippen molar-refractivity contribution in [2.45, 2.75) is 13.8 Å². The molecule has 1 aromatic rings. The van der Waals surface area contributed by atoms with Crippen LogP contribution in [0.5, 0.6) is 0 Å². The fourth-order valence-corrected chi connectivity index (χ4v) is 0.495. The predicted molar refractivity (Wildman–Crippen MR) is 26.9 cm³/mol. The molecule has 1 aromatic heterocycles. The maximum absolute atomic E-state index is 3.84. The van der Waals surface area contributed by atoms with Gasteiger partial charge in [0.25, 0.3) is 0 Å². The first-order chi connectivity index (χ1) is 3.29. The van der Waals surface area contributed by atoms with Crippen molar-refractivity contribution >= 4 is 0 Å². The molecule has 0 bridgehead atoms. The minimum Gasteiger partial charge on any atom is -0.439 e. The number of aromatic amines is 1. The molecule has 0 spiro atoms. The molecule has 1 heterocycles. The number of hydrogen-bond acceptors (Lipinski definition) is 1. The molecule has 0 amide bonds. The summed E-state index contributed by atoms with van der Waals surface area (Å²) in [6.07, 6.45) is 2.76. The van der Waals surface area contributed by atoms with E-state index in [1.54, 1.807) is 0 Å². The van der Waals surface area contributed by atoms with Crippen LogP contribution in [0.4, 0.5) is 0 Å². The molecule has 0 aliphatic carbocycles. The Morgan fingerprint density at radius 2 is 2.12 bits per heavy atom. The van der Waals surface area contributed by atoms with Crippen molar-refractivity contribution < 1.29 is 51.4 Å². The van der Waals surface area contributed by atoms with Crippen molar-refractivity contribution in [3.05, 3.63) is 17.7 Å². The van der Waals surface area contributed by atoms with E-state index in [-0.39, 0.29) is 51.4 Å². The number of nitrogens with zero attached hydrogens (tertiary/aromatic N) is 1. The molecule has 8 heavy (non-hydrogen) atoms. The third-order valence-electron chi connectivity index (χ3n) is 0.760. The van der Waals surface area contributed by atoms with Gasteiger partial charge < -0.3 is 9.97 Å². The zero-order chi connectivity index (χ0) is 5.28. The summed E-state index contributed by atoms with van der Waals surface area (Å²) in [6, 6.07) is 0. The van der Waals surface area contributed by atoms with Crippen LogP contribution in [-0.2, 0) is 0 Å². The first-order valence-corrected chi connectivity index (χ1v) is 2.20. The molecule has 0 saturated heterocycles. The molecule has 0 aromatic carbocycles. The van der Waals surface area contributed by atoms with E-state index in [1.165, 1.54) is 0 Å². The molecule has 1 rings (SSSR count). The Kier molecular flexibility index (Phi) is 4.19. The largest absolute Gasteiger partial charge is 1.00 e. The molecule has 0 atom stereocenters. The molecule has 1 N–H and O–H groups in total. The fraction of sp³-hybridized carbons (Fsp3) is 0.400. The molecule has 3 heteroatoms. The summed E-state index contributed by atoms with van der Waals surface area (Å²) in [5, 5.41) is 0. The summed E-state index contributed by atoms with van der Waals surface area (Å²) in [5.41, 5.74) is 0.998. The van der Waals surface area contributed by atoms with Crippen molar-refractivity contribution in [2.24, 2.45) is 0 Å². The van der Waals surface area contributed by atoms with Crippen LogP contribution in [0.25, 0.3) is 0 Å². The van der Waals surface area contributed by atoms with Gasteiger partial charge in [0.1, 0.15) is 0 Å². The Morgan fingerprint density at radius 1 is 1.50 bits per heavy atom. The Labute approximate surface area is 91.5 Å². The van der Waals surface area contributed by atoms with Gasteiger partial charge in [-0.05, 0) is 6.92 Å². The first-order valence-electron chi connectivity index (χ1n) is 2.20. The number of H-pyrrole nitrogens is 1. The maximum Gasteiger partial charge on any atom is 1.00 e. The van der Waals surface area contributed by atoms with Crippen LogP contribution in [-0.4, -0.2) is 9.97 Å². The van der Waals surface area contributed by atoms with Gasteiger partial charge in [0, 0.05) is 0 Å². The van der Waals surface area contributed by atoms with Crippen molar-refractivity contribution in [1.29, 1.82) is 0 Å². The Morgan fingerprint density at radius 3 is 2.25 bits per heavy atom. The minimum absolute atomic E-state index is 0. The molecule has 0 saturated carbocycles. The second kappa shape index (κ2) is 3.79. The molecular weight excluding hydrogens is 127 g/mol. The summed E-state index contributed by atoms with van der Waals surface area (Å²) in [6.45, 7) is 3.84. The van der Waals surface area contributed by atoms with Gasteiger partial charge in [-0.15, -0.1) is 6.20 Å². The Balaban J connectivity index is 0.000000490. The summed E-state index contributed by atoms with van der Waals surface area (Å²) in [5.74, 6) is 0.928. The van der Waals surface area contributed by atoms with E-state index in [0.717, 1.165) is 11.5 Å². The van der Waals surface area contributed by atoms with E-state index in [9.17, 15) is 0 Å². The quantitative estimate of drug-likeness (QED) is 0.317. The predicted octanol–water partition coefficient (Wildman–Crippen LogP) is -2.17. The molecule has 0 fully saturated rings. The number of nitrogens with one attached hydrogen (secondary N) is 1. The molecule has 0 unspecified atom stereocenters. The normalized spacial score (nSPS) is 8.25. The average Bonchev–Trinajstić information content (AvgIpc) is 1.87. The van der Waals surface area contributed by atoms with Crippen molar-refractivity contribution in [3.8, 4) is 0 Å². The number of imidazole rings is 1. The van der Waals surface area contributed by atoms with Gasteiger partial charge in [-0.3, -0.25) is 0 Å². The van der Waals surface area contributed by atoms with Crippen LogP contribution in [0, 0.1) is 20.0 Å². The van der Waals surface area contributed by atoms with Crippen LogP contribution in [0.3, 0.4) is 0 Å². The van der Waals surface area contributed by atoms with Crippen LogP contribution in [0.1, 0.15) is 11.5 Å². The Bertz CT molecular complexity index is 143. The average molecular weight is 134 g/mol.